The molecule has 1 aliphatic carbocycles. The number of hydrogen-bond donors (Lipinski definition) is 0. The quantitative estimate of drug-likeness (QED) is 0.388. The van der Waals surface area contributed by atoms with Crippen molar-refractivity contribution in [3.63, 3.8) is 0 Å². The first-order valence-corrected chi connectivity index (χ1v) is 7.52. The van der Waals surface area contributed by atoms with E-state index in [1.807, 2.05) is 22.6 Å². The Bertz CT molecular complexity index is 428. The van der Waals surface area contributed by atoms with Crippen LogP contribution in [0.15, 0.2) is 24.3 Å². The minimum absolute atomic E-state index is 0.123. The van der Waals surface area contributed by atoms with Gasteiger partial charge < -0.3 is 0 Å². The predicted molar refractivity (Wildman–Crippen MR) is 83.4 cm³/mol. The maximum absolute atomic E-state index is 11.7. The predicted octanol–water partition coefficient (Wildman–Crippen LogP) is 4.35. The van der Waals surface area contributed by atoms with Crippen molar-refractivity contribution in [2.45, 2.75) is 35.5 Å². The molecule has 1 fully saturated rings. The summed E-state index contributed by atoms with van der Waals surface area (Å²) in [6.45, 7) is 4.39. The Morgan fingerprint density at radius 3 is 2.44 bits per heavy atom. The number of carbonyl (C=O) groups is 1. The zero-order valence-electron chi connectivity index (χ0n) is 9.39. The van der Waals surface area contributed by atoms with E-state index in [4.69, 9.17) is 0 Å². The van der Waals surface area contributed by atoms with Crippen molar-refractivity contribution in [1.29, 1.82) is 0 Å². The zero-order valence-corrected chi connectivity index (χ0v) is 13.7. The molecule has 1 aliphatic rings. The Morgan fingerprint density at radius 2 is 2.00 bits per heavy atom. The van der Waals surface area contributed by atoms with Gasteiger partial charge in [0.15, 0.2) is 0 Å². The fraction of sp³-hybridized carbons (Fsp3) is 0.462. The van der Waals surface area contributed by atoms with Crippen LogP contribution in [0.2, 0.25) is 0 Å². The van der Waals surface area contributed by atoms with E-state index >= 15 is 0 Å². The molecule has 0 radical (unpaired) electrons. The number of hydrogen-bond acceptors (Lipinski definition) is 1. The summed E-state index contributed by atoms with van der Waals surface area (Å²) < 4.78 is 0.409. The summed E-state index contributed by atoms with van der Waals surface area (Å²) in [5, 5.41) is 0. The molecular weight excluding hydrogens is 426 g/mol. The molecule has 0 amide bonds. The van der Waals surface area contributed by atoms with E-state index in [2.05, 4.69) is 60.7 Å². The van der Waals surface area contributed by atoms with E-state index in [0.717, 1.165) is 12.8 Å². The molecular formula is C13H14I2O. The lowest BCUT2D eigenvalue weighted by Crippen LogP contribution is -2.16. The topological polar surface area (TPSA) is 17.1 Å². The number of carbonyl (C=O) groups excluding carboxylic acids is 1. The maximum atomic E-state index is 11.7. The van der Waals surface area contributed by atoms with E-state index in [0.29, 0.717) is 0 Å². The molecule has 0 aliphatic heterocycles. The standard InChI is InChI=1S/C13H14I2O/c1-12(2,15)9-4-3-5-10(8-9)13(6-7-13)11(14)16/h3-5,8H,6-7H2,1-2H3. The summed E-state index contributed by atoms with van der Waals surface area (Å²) in [6.07, 6.45) is 2.03. The average Bonchev–Trinajstić information content (AvgIpc) is 2.97. The largest absolute Gasteiger partial charge is 0.287 e. The van der Waals surface area contributed by atoms with Crippen LogP contribution in [0.1, 0.15) is 37.8 Å². The van der Waals surface area contributed by atoms with Gasteiger partial charge in [0, 0.05) is 26.0 Å². The van der Waals surface area contributed by atoms with E-state index in [-0.39, 0.29) is 12.6 Å². The van der Waals surface area contributed by atoms with Crippen LogP contribution < -0.4 is 0 Å². The monoisotopic (exact) mass is 440 g/mol. The third kappa shape index (κ3) is 2.30. The van der Waals surface area contributed by atoms with Gasteiger partial charge in [-0.05, 0) is 37.8 Å². The number of alkyl halides is 1. The molecule has 0 heterocycles. The molecule has 3 heteroatoms. The minimum atomic E-state index is -0.154. The van der Waals surface area contributed by atoms with Crippen LogP contribution in [0.4, 0.5) is 0 Å². The molecule has 0 aromatic heterocycles. The van der Waals surface area contributed by atoms with Crippen molar-refractivity contribution in [3.8, 4) is 0 Å². The summed E-state index contributed by atoms with van der Waals surface area (Å²) in [6, 6.07) is 8.51. The highest BCUT2D eigenvalue weighted by molar-refractivity contribution is 14.1. The molecule has 0 atom stereocenters. The van der Waals surface area contributed by atoms with Crippen molar-refractivity contribution < 1.29 is 4.79 Å². The second-order valence-electron chi connectivity index (χ2n) is 4.91. The van der Waals surface area contributed by atoms with Gasteiger partial charge in [0.25, 0.3) is 0 Å². The summed E-state index contributed by atoms with van der Waals surface area (Å²) in [5.41, 5.74) is 2.35. The van der Waals surface area contributed by atoms with Crippen LogP contribution in [-0.2, 0) is 13.6 Å². The normalized spacial score (nSPS) is 18.2. The molecule has 0 spiro atoms. The first kappa shape index (κ1) is 12.8. The van der Waals surface area contributed by atoms with Crippen LogP contribution in [0.5, 0.6) is 0 Å². The van der Waals surface area contributed by atoms with Gasteiger partial charge in [0.05, 0.1) is 5.41 Å². The van der Waals surface area contributed by atoms with Gasteiger partial charge in [-0.2, -0.15) is 0 Å². The van der Waals surface area contributed by atoms with Crippen LogP contribution in [-0.4, -0.2) is 3.79 Å². The fourth-order valence-electron chi connectivity index (χ4n) is 1.91. The lowest BCUT2D eigenvalue weighted by Gasteiger charge is -2.19. The fourth-order valence-corrected chi connectivity index (χ4v) is 3.10. The summed E-state index contributed by atoms with van der Waals surface area (Å²) in [7, 11) is 0. The Hall–Kier alpha value is 0.350. The molecule has 1 aromatic rings. The molecule has 1 saturated carbocycles. The van der Waals surface area contributed by atoms with Gasteiger partial charge in [-0.25, -0.2) is 0 Å². The molecule has 16 heavy (non-hydrogen) atoms. The summed E-state index contributed by atoms with van der Waals surface area (Å²) >= 11 is 4.38. The van der Waals surface area contributed by atoms with Gasteiger partial charge in [0.2, 0.25) is 3.79 Å². The third-order valence-corrected chi connectivity index (χ3v) is 4.88. The van der Waals surface area contributed by atoms with Gasteiger partial charge >= 0.3 is 0 Å². The van der Waals surface area contributed by atoms with E-state index < -0.39 is 0 Å². The molecule has 1 nitrogen and oxygen atoms in total. The van der Waals surface area contributed by atoms with Gasteiger partial charge in [-0.15, -0.1) is 0 Å². The molecule has 86 valence electrons. The van der Waals surface area contributed by atoms with Crippen molar-refractivity contribution in [3.05, 3.63) is 35.4 Å². The molecule has 0 saturated heterocycles. The molecule has 1 aromatic carbocycles. The lowest BCUT2D eigenvalue weighted by molar-refractivity contribution is -0.111. The summed E-state index contributed by atoms with van der Waals surface area (Å²) in [5.74, 6) is 0. The van der Waals surface area contributed by atoms with Crippen LogP contribution in [0.3, 0.4) is 0 Å². The second kappa shape index (κ2) is 4.23. The first-order chi connectivity index (χ1) is 7.36. The number of halogens is 2. The zero-order chi connectivity index (χ0) is 12.0. The van der Waals surface area contributed by atoms with Crippen LogP contribution in [0.25, 0.3) is 0 Å². The van der Waals surface area contributed by atoms with E-state index in [1.165, 1.54) is 11.1 Å². The van der Waals surface area contributed by atoms with E-state index in [9.17, 15) is 4.79 Å². The Morgan fingerprint density at radius 1 is 1.38 bits per heavy atom. The Kier molecular flexibility index (Phi) is 3.38. The minimum Gasteiger partial charge on any atom is -0.287 e. The number of benzene rings is 1. The van der Waals surface area contributed by atoms with Crippen LogP contribution in [0, 0.1) is 0 Å². The van der Waals surface area contributed by atoms with Gasteiger partial charge in [-0.1, -0.05) is 46.9 Å². The van der Waals surface area contributed by atoms with Gasteiger partial charge in [-0.3, -0.25) is 4.79 Å². The Labute approximate surface area is 124 Å². The van der Waals surface area contributed by atoms with Gasteiger partial charge in [0.1, 0.15) is 0 Å². The highest BCUT2D eigenvalue weighted by Crippen LogP contribution is 2.51. The number of rotatable bonds is 3. The second-order valence-corrected chi connectivity index (χ2v) is 8.59. The van der Waals surface area contributed by atoms with E-state index in [1.54, 1.807) is 0 Å². The highest BCUT2D eigenvalue weighted by Gasteiger charge is 2.50. The van der Waals surface area contributed by atoms with Crippen molar-refractivity contribution in [1.82, 2.24) is 0 Å². The van der Waals surface area contributed by atoms with Crippen molar-refractivity contribution >= 4 is 49.0 Å². The first-order valence-electron chi connectivity index (χ1n) is 5.36. The smallest absolute Gasteiger partial charge is 0.202 e. The lowest BCUT2D eigenvalue weighted by atomic mass is 9.92. The SMILES string of the molecule is CC(C)(I)c1cccc(C2(C(=O)I)CC2)c1. The van der Waals surface area contributed by atoms with Crippen LogP contribution >= 0.6 is 45.2 Å². The molecule has 2 rings (SSSR count). The summed E-state index contributed by atoms with van der Waals surface area (Å²) in [4.78, 5) is 11.7. The molecule has 0 N–H and O–H groups in total. The van der Waals surface area contributed by atoms with Crippen molar-refractivity contribution in [2.24, 2.45) is 0 Å². The maximum Gasteiger partial charge on any atom is 0.202 e. The highest BCUT2D eigenvalue weighted by atomic mass is 127. The Balaban J connectivity index is 2.41. The van der Waals surface area contributed by atoms with Crippen molar-refractivity contribution in [2.75, 3.05) is 0 Å². The molecule has 0 bridgehead atoms. The molecule has 0 unspecified atom stereocenters. The average molecular weight is 440 g/mol. The third-order valence-electron chi connectivity index (χ3n) is 3.23.